The molecule has 86 valence electrons. The summed E-state index contributed by atoms with van der Waals surface area (Å²) in [6.45, 7) is 11.2. The van der Waals surface area contributed by atoms with Gasteiger partial charge >= 0.3 is 0 Å². The van der Waals surface area contributed by atoms with Gasteiger partial charge in [0, 0.05) is 13.2 Å². The standard InChI is InChI=1S/C12H27NO/c1-10(2)6-5-7-13-8-12(9-14)11(3)4/h10-14H,5-9H2,1-4H3. The van der Waals surface area contributed by atoms with Crippen LogP contribution in [0.3, 0.4) is 0 Å². The van der Waals surface area contributed by atoms with Gasteiger partial charge in [-0.1, -0.05) is 27.7 Å². The van der Waals surface area contributed by atoms with Crippen LogP contribution in [0.25, 0.3) is 0 Å². The first-order valence-corrected chi connectivity index (χ1v) is 5.89. The van der Waals surface area contributed by atoms with Crippen molar-refractivity contribution in [2.75, 3.05) is 19.7 Å². The second kappa shape index (κ2) is 8.25. The number of rotatable bonds is 8. The third-order valence-corrected chi connectivity index (χ3v) is 2.72. The summed E-state index contributed by atoms with van der Waals surface area (Å²) < 4.78 is 0. The van der Waals surface area contributed by atoms with Gasteiger partial charge < -0.3 is 10.4 Å². The molecule has 1 unspecified atom stereocenters. The summed E-state index contributed by atoms with van der Waals surface area (Å²) in [7, 11) is 0. The average molecular weight is 201 g/mol. The second-order valence-corrected chi connectivity index (χ2v) is 4.93. The van der Waals surface area contributed by atoms with Gasteiger partial charge in [-0.25, -0.2) is 0 Å². The Kier molecular flexibility index (Phi) is 8.20. The van der Waals surface area contributed by atoms with Crippen LogP contribution < -0.4 is 5.32 Å². The van der Waals surface area contributed by atoms with Gasteiger partial charge in [0.15, 0.2) is 0 Å². The van der Waals surface area contributed by atoms with Crippen LogP contribution >= 0.6 is 0 Å². The molecule has 0 aliphatic rings. The van der Waals surface area contributed by atoms with E-state index in [-0.39, 0.29) is 0 Å². The lowest BCUT2D eigenvalue weighted by Crippen LogP contribution is -2.29. The zero-order valence-electron chi connectivity index (χ0n) is 10.2. The fraction of sp³-hybridized carbons (Fsp3) is 1.00. The lowest BCUT2D eigenvalue weighted by molar-refractivity contribution is 0.186. The van der Waals surface area contributed by atoms with Crippen molar-refractivity contribution in [2.24, 2.45) is 17.8 Å². The summed E-state index contributed by atoms with van der Waals surface area (Å²) in [5.74, 6) is 1.78. The van der Waals surface area contributed by atoms with Gasteiger partial charge in [0.1, 0.15) is 0 Å². The summed E-state index contributed by atoms with van der Waals surface area (Å²) in [5.41, 5.74) is 0. The first kappa shape index (κ1) is 13.9. The van der Waals surface area contributed by atoms with Gasteiger partial charge in [0.2, 0.25) is 0 Å². The molecule has 0 spiro atoms. The van der Waals surface area contributed by atoms with Gasteiger partial charge in [-0.15, -0.1) is 0 Å². The first-order valence-electron chi connectivity index (χ1n) is 5.89. The van der Waals surface area contributed by atoms with Crippen LogP contribution in [0.4, 0.5) is 0 Å². The zero-order chi connectivity index (χ0) is 11.0. The highest BCUT2D eigenvalue weighted by Gasteiger charge is 2.10. The molecule has 1 atom stereocenters. The number of hydrogen-bond donors (Lipinski definition) is 2. The SMILES string of the molecule is CC(C)CCCNCC(CO)C(C)C. The van der Waals surface area contributed by atoms with Crippen molar-refractivity contribution in [3.8, 4) is 0 Å². The van der Waals surface area contributed by atoms with Crippen LogP contribution in [-0.2, 0) is 0 Å². The molecule has 2 N–H and O–H groups in total. The summed E-state index contributed by atoms with van der Waals surface area (Å²) in [6, 6.07) is 0. The molecule has 2 nitrogen and oxygen atoms in total. The first-order chi connectivity index (χ1) is 6.57. The van der Waals surface area contributed by atoms with Crippen molar-refractivity contribution in [1.29, 1.82) is 0 Å². The van der Waals surface area contributed by atoms with Crippen molar-refractivity contribution in [1.82, 2.24) is 5.32 Å². The van der Waals surface area contributed by atoms with E-state index in [4.69, 9.17) is 5.11 Å². The molecule has 0 aromatic carbocycles. The maximum atomic E-state index is 9.10. The molecular weight excluding hydrogens is 174 g/mol. The molecule has 0 bridgehead atoms. The van der Waals surface area contributed by atoms with Gasteiger partial charge in [0.25, 0.3) is 0 Å². The molecule has 0 saturated heterocycles. The largest absolute Gasteiger partial charge is 0.396 e. The highest BCUT2D eigenvalue weighted by Crippen LogP contribution is 2.08. The lowest BCUT2D eigenvalue weighted by Gasteiger charge is -2.18. The van der Waals surface area contributed by atoms with Crippen LogP contribution in [-0.4, -0.2) is 24.8 Å². The van der Waals surface area contributed by atoms with E-state index in [1.165, 1.54) is 12.8 Å². The Bertz CT molecular complexity index is 123. The molecule has 14 heavy (non-hydrogen) atoms. The maximum absolute atomic E-state index is 9.10. The Balaban J connectivity index is 3.33. The summed E-state index contributed by atoms with van der Waals surface area (Å²) >= 11 is 0. The van der Waals surface area contributed by atoms with Crippen molar-refractivity contribution in [2.45, 2.75) is 40.5 Å². The quantitative estimate of drug-likeness (QED) is 0.591. The van der Waals surface area contributed by atoms with E-state index < -0.39 is 0 Å². The number of nitrogens with one attached hydrogen (secondary N) is 1. The number of aliphatic hydroxyl groups is 1. The number of aliphatic hydroxyl groups excluding tert-OH is 1. The van der Waals surface area contributed by atoms with Crippen molar-refractivity contribution in [3.63, 3.8) is 0 Å². The monoisotopic (exact) mass is 201 g/mol. The van der Waals surface area contributed by atoms with Gasteiger partial charge in [0.05, 0.1) is 0 Å². The topological polar surface area (TPSA) is 32.3 Å². The molecule has 0 heterocycles. The predicted molar refractivity (Wildman–Crippen MR) is 62.4 cm³/mol. The van der Waals surface area contributed by atoms with Crippen LogP contribution in [0.1, 0.15) is 40.5 Å². The maximum Gasteiger partial charge on any atom is 0.0473 e. The smallest absolute Gasteiger partial charge is 0.0473 e. The minimum Gasteiger partial charge on any atom is -0.396 e. The Morgan fingerprint density at radius 2 is 1.79 bits per heavy atom. The van der Waals surface area contributed by atoms with Gasteiger partial charge in [-0.05, 0) is 37.1 Å². The zero-order valence-corrected chi connectivity index (χ0v) is 10.2. The van der Waals surface area contributed by atoms with E-state index in [9.17, 15) is 0 Å². The van der Waals surface area contributed by atoms with Gasteiger partial charge in [-0.3, -0.25) is 0 Å². The highest BCUT2D eigenvalue weighted by atomic mass is 16.3. The fourth-order valence-electron chi connectivity index (χ4n) is 1.43. The predicted octanol–water partition coefficient (Wildman–Crippen LogP) is 2.28. The van der Waals surface area contributed by atoms with E-state index in [1.807, 2.05) is 0 Å². The Labute approximate surface area is 89.1 Å². The number of hydrogen-bond acceptors (Lipinski definition) is 2. The second-order valence-electron chi connectivity index (χ2n) is 4.93. The van der Waals surface area contributed by atoms with Crippen LogP contribution in [0.15, 0.2) is 0 Å². The molecule has 0 rings (SSSR count). The summed E-state index contributed by atoms with van der Waals surface area (Å²) in [4.78, 5) is 0. The Hall–Kier alpha value is -0.0800. The fourth-order valence-corrected chi connectivity index (χ4v) is 1.43. The normalized spacial score (nSPS) is 13.9. The Morgan fingerprint density at radius 1 is 1.14 bits per heavy atom. The minimum atomic E-state index is 0.300. The average Bonchev–Trinajstić information content (AvgIpc) is 2.10. The van der Waals surface area contributed by atoms with E-state index in [1.54, 1.807) is 0 Å². The molecule has 0 fully saturated rings. The minimum absolute atomic E-state index is 0.300. The molecule has 0 saturated carbocycles. The van der Waals surface area contributed by atoms with Gasteiger partial charge in [-0.2, -0.15) is 0 Å². The van der Waals surface area contributed by atoms with E-state index in [2.05, 4.69) is 33.0 Å². The molecule has 2 heteroatoms. The molecule has 0 amide bonds. The third-order valence-electron chi connectivity index (χ3n) is 2.72. The van der Waals surface area contributed by atoms with Crippen LogP contribution in [0, 0.1) is 17.8 Å². The van der Waals surface area contributed by atoms with Crippen LogP contribution in [0.5, 0.6) is 0 Å². The van der Waals surface area contributed by atoms with E-state index in [0.29, 0.717) is 18.4 Å². The van der Waals surface area contributed by atoms with Crippen molar-refractivity contribution < 1.29 is 5.11 Å². The van der Waals surface area contributed by atoms with E-state index in [0.717, 1.165) is 19.0 Å². The van der Waals surface area contributed by atoms with Crippen LogP contribution in [0.2, 0.25) is 0 Å². The van der Waals surface area contributed by atoms with Crippen molar-refractivity contribution >= 4 is 0 Å². The molecule has 0 aromatic heterocycles. The molecular formula is C12H27NO. The molecule has 0 aliphatic heterocycles. The van der Waals surface area contributed by atoms with E-state index >= 15 is 0 Å². The highest BCUT2D eigenvalue weighted by molar-refractivity contribution is 4.64. The lowest BCUT2D eigenvalue weighted by atomic mass is 9.97. The molecule has 0 aliphatic carbocycles. The molecule has 0 aromatic rings. The molecule has 0 radical (unpaired) electrons. The third kappa shape index (κ3) is 7.34. The summed E-state index contributed by atoms with van der Waals surface area (Å²) in [6.07, 6.45) is 2.53. The summed E-state index contributed by atoms with van der Waals surface area (Å²) in [5, 5.41) is 12.5. The Morgan fingerprint density at radius 3 is 2.21 bits per heavy atom. The van der Waals surface area contributed by atoms with Crippen molar-refractivity contribution in [3.05, 3.63) is 0 Å².